The molecule has 2 N–H and O–H groups in total. The topological polar surface area (TPSA) is 52.3 Å². The number of nitrogens with two attached hydrogens (primary N) is 1. The molecule has 0 aliphatic carbocycles. The summed E-state index contributed by atoms with van der Waals surface area (Å²) in [5, 5.41) is 0. The van der Waals surface area contributed by atoms with Crippen LogP contribution < -0.4 is 5.73 Å². The Morgan fingerprint density at radius 3 is 2.36 bits per heavy atom. The summed E-state index contributed by atoms with van der Waals surface area (Å²) in [6, 6.07) is 9.89. The fourth-order valence-electron chi connectivity index (χ4n) is 1.31. The Bertz CT molecular complexity index is 297. The summed E-state index contributed by atoms with van der Waals surface area (Å²) in [4.78, 5) is 10.5. The quantitative estimate of drug-likeness (QED) is 0.800. The molecular formula is C11H15NO2. The smallest absolute Gasteiger partial charge is 0.404 e. The van der Waals surface area contributed by atoms with Crippen LogP contribution in [0.3, 0.4) is 0 Å². The van der Waals surface area contributed by atoms with Gasteiger partial charge in [0.2, 0.25) is 0 Å². The van der Waals surface area contributed by atoms with Crippen LogP contribution in [0.1, 0.15) is 25.3 Å². The van der Waals surface area contributed by atoms with Gasteiger partial charge < -0.3 is 10.5 Å². The summed E-state index contributed by atoms with van der Waals surface area (Å²) in [6.07, 6.45) is -0.921. The number of hydrogen-bond donors (Lipinski definition) is 1. The molecule has 1 aromatic rings. The first-order valence-corrected chi connectivity index (χ1v) is 4.62. The zero-order valence-corrected chi connectivity index (χ0v) is 8.44. The normalized spacial score (nSPS) is 14.4. The second-order valence-electron chi connectivity index (χ2n) is 3.34. The molecule has 14 heavy (non-hydrogen) atoms. The van der Waals surface area contributed by atoms with Gasteiger partial charge >= 0.3 is 6.09 Å². The van der Waals surface area contributed by atoms with Gasteiger partial charge in [-0.05, 0) is 12.5 Å². The first-order chi connectivity index (χ1) is 6.61. The standard InChI is InChI=1S/C11H15NO2/c1-8(9(2)14-11(12)13)10-6-4-3-5-7-10/h3-9H,1-2H3,(H2,12,13). The molecule has 1 aromatic carbocycles. The molecule has 3 heteroatoms. The van der Waals surface area contributed by atoms with Crippen molar-refractivity contribution in [3.8, 4) is 0 Å². The molecule has 0 saturated carbocycles. The van der Waals surface area contributed by atoms with Crippen molar-refractivity contribution in [2.45, 2.75) is 25.9 Å². The average Bonchev–Trinajstić information content (AvgIpc) is 2.17. The number of primary amides is 1. The minimum atomic E-state index is -0.722. The number of carbonyl (C=O) groups is 1. The molecule has 0 fully saturated rings. The monoisotopic (exact) mass is 193 g/mol. The molecule has 0 aliphatic heterocycles. The van der Waals surface area contributed by atoms with Crippen molar-refractivity contribution < 1.29 is 9.53 Å². The third kappa shape index (κ3) is 2.76. The highest BCUT2D eigenvalue weighted by Crippen LogP contribution is 2.20. The number of hydrogen-bond acceptors (Lipinski definition) is 2. The lowest BCUT2D eigenvalue weighted by atomic mass is 9.96. The predicted octanol–water partition coefficient (Wildman–Crippen LogP) is 2.27. The van der Waals surface area contributed by atoms with E-state index >= 15 is 0 Å². The number of carbonyl (C=O) groups excluding carboxylic acids is 1. The molecule has 0 heterocycles. The molecule has 2 atom stereocenters. The highest BCUT2D eigenvalue weighted by atomic mass is 16.6. The Kier molecular flexibility index (Phi) is 3.51. The lowest BCUT2D eigenvalue weighted by molar-refractivity contribution is 0.103. The van der Waals surface area contributed by atoms with E-state index < -0.39 is 6.09 Å². The molecule has 0 spiro atoms. The molecule has 0 aromatic heterocycles. The van der Waals surface area contributed by atoms with Crippen molar-refractivity contribution >= 4 is 6.09 Å². The van der Waals surface area contributed by atoms with Gasteiger partial charge in [-0.1, -0.05) is 37.3 Å². The summed E-state index contributed by atoms with van der Waals surface area (Å²) in [5.41, 5.74) is 6.09. The summed E-state index contributed by atoms with van der Waals surface area (Å²) in [6.45, 7) is 3.84. The van der Waals surface area contributed by atoms with Gasteiger partial charge in [-0.2, -0.15) is 0 Å². The maximum atomic E-state index is 10.5. The van der Waals surface area contributed by atoms with Gasteiger partial charge in [0.15, 0.2) is 0 Å². The number of benzene rings is 1. The Morgan fingerprint density at radius 2 is 1.86 bits per heavy atom. The van der Waals surface area contributed by atoms with Gasteiger partial charge in [0.25, 0.3) is 0 Å². The Morgan fingerprint density at radius 1 is 1.29 bits per heavy atom. The summed E-state index contributed by atoms with van der Waals surface area (Å²) in [7, 11) is 0. The van der Waals surface area contributed by atoms with E-state index in [0.29, 0.717) is 0 Å². The second-order valence-corrected chi connectivity index (χ2v) is 3.34. The minimum absolute atomic E-state index is 0.156. The maximum Gasteiger partial charge on any atom is 0.404 e. The van der Waals surface area contributed by atoms with Gasteiger partial charge in [-0.3, -0.25) is 0 Å². The third-order valence-electron chi connectivity index (χ3n) is 2.33. The van der Waals surface area contributed by atoms with E-state index in [1.54, 1.807) is 0 Å². The molecule has 0 saturated heterocycles. The van der Waals surface area contributed by atoms with Gasteiger partial charge in [0, 0.05) is 5.92 Å². The van der Waals surface area contributed by atoms with Gasteiger partial charge in [0.1, 0.15) is 6.10 Å². The number of ether oxygens (including phenoxy) is 1. The van der Waals surface area contributed by atoms with Crippen molar-refractivity contribution in [1.29, 1.82) is 0 Å². The minimum Gasteiger partial charge on any atom is -0.446 e. The van der Waals surface area contributed by atoms with Gasteiger partial charge in [0.05, 0.1) is 0 Å². The molecule has 76 valence electrons. The van der Waals surface area contributed by atoms with Crippen molar-refractivity contribution in [2.75, 3.05) is 0 Å². The fraction of sp³-hybridized carbons (Fsp3) is 0.364. The van der Waals surface area contributed by atoms with Crippen LogP contribution in [0, 0.1) is 0 Å². The predicted molar refractivity (Wildman–Crippen MR) is 55.0 cm³/mol. The molecule has 3 nitrogen and oxygen atoms in total. The van der Waals surface area contributed by atoms with Gasteiger partial charge in [-0.25, -0.2) is 4.79 Å². The van der Waals surface area contributed by atoms with E-state index in [4.69, 9.17) is 10.5 Å². The SMILES string of the molecule is CC(OC(N)=O)C(C)c1ccccc1. The van der Waals surface area contributed by atoms with Crippen LogP contribution in [-0.2, 0) is 4.74 Å². The first-order valence-electron chi connectivity index (χ1n) is 4.62. The average molecular weight is 193 g/mol. The third-order valence-corrected chi connectivity index (χ3v) is 2.33. The van der Waals surface area contributed by atoms with E-state index in [1.807, 2.05) is 44.2 Å². The lowest BCUT2D eigenvalue weighted by Gasteiger charge is -2.19. The molecule has 0 radical (unpaired) electrons. The van der Waals surface area contributed by atoms with Crippen LogP contribution in [0.25, 0.3) is 0 Å². The van der Waals surface area contributed by atoms with E-state index in [1.165, 1.54) is 0 Å². The van der Waals surface area contributed by atoms with Crippen LogP contribution in [0.15, 0.2) is 30.3 Å². The maximum absolute atomic E-state index is 10.5. The molecule has 0 aliphatic rings. The molecule has 1 rings (SSSR count). The van der Waals surface area contributed by atoms with Crippen molar-refractivity contribution in [3.63, 3.8) is 0 Å². The number of amides is 1. The van der Waals surface area contributed by atoms with Gasteiger partial charge in [-0.15, -0.1) is 0 Å². The van der Waals surface area contributed by atoms with Crippen LogP contribution in [0.4, 0.5) is 4.79 Å². The van der Waals surface area contributed by atoms with Crippen LogP contribution >= 0.6 is 0 Å². The molecule has 2 unspecified atom stereocenters. The summed E-state index contributed by atoms with van der Waals surface area (Å²) >= 11 is 0. The zero-order valence-electron chi connectivity index (χ0n) is 8.44. The first kappa shape index (κ1) is 10.6. The Hall–Kier alpha value is -1.51. The highest BCUT2D eigenvalue weighted by molar-refractivity contribution is 5.64. The fourth-order valence-corrected chi connectivity index (χ4v) is 1.31. The molecule has 1 amide bonds. The van der Waals surface area contributed by atoms with Crippen molar-refractivity contribution in [2.24, 2.45) is 5.73 Å². The zero-order chi connectivity index (χ0) is 10.6. The largest absolute Gasteiger partial charge is 0.446 e. The molecular weight excluding hydrogens is 178 g/mol. The van der Waals surface area contributed by atoms with Crippen LogP contribution in [0.5, 0.6) is 0 Å². The summed E-state index contributed by atoms with van der Waals surface area (Å²) in [5.74, 6) is 0.156. The van der Waals surface area contributed by atoms with E-state index in [-0.39, 0.29) is 12.0 Å². The Balaban J connectivity index is 2.65. The Labute approximate surface area is 83.9 Å². The van der Waals surface area contributed by atoms with Crippen LogP contribution in [0.2, 0.25) is 0 Å². The van der Waals surface area contributed by atoms with Crippen LogP contribution in [-0.4, -0.2) is 12.2 Å². The van der Waals surface area contributed by atoms with Crippen molar-refractivity contribution in [3.05, 3.63) is 35.9 Å². The lowest BCUT2D eigenvalue weighted by Crippen LogP contribution is -2.24. The summed E-state index contributed by atoms with van der Waals surface area (Å²) < 4.78 is 4.91. The van der Waals surface area contributed by atoms with E-state index in [9.17, 15) is 4.79 Å². The van der Waals surface area contributed by atoms with E-state index in [2.05, 4.69) is 0 Å². The number of rotatable bonds is 3. The van der Waals surface area contributed by atoms with E-state index in [0.717, 1.165) is 5.56 Å². The molecule has 0 bridgehead atoms. The second kappa shape index (κ2) is 4.65. The van der Waals surface area contributed by atoms with Crippen molar-refractivity contribution in [1.82, 2.24) is 0 Å². The highest BCUT2D eigenvalue weighted by Gasteiger charge is 2.16.